The highest BCUT2D eigenvalue weighted by Gasteiger charge is 2.24. The number of rotatable bonds is 33. The van der Waals surface area contributed by atoms with E-state index in [1.165, 1.54) is 77.0 Å². The van der Waals surface area contributed by atoms with Gasteiger partial charge in [-0.25, -0.2) is 0 Å². The number of aliphatic hydroxyl groups is 1. The number of amides is 1. The van der Waals surface area contributed by atoms with Gasteiger partial charge < -0.3 is 28.8 Å². The number of likely N-dealkylation sites (N-methyl/N-ethyl adjacent to an activating group) is 1. The lowest BCUT2D eigenvalue weighted by Gasteiger charge is -2.30. The summed E-state index contributed by atoms with van der Waals surface area (Å²) in [5, 5.41) is 13.8. The minimum absolute atomic E-state index is 0.0113. The van der Waals surface area contributed by atoms with E-state index in [1.807, 2.05) is 21.1 Å². The number of nitrogens with one attached hydrogen (secondary N) is 1. The van der Waals surface area contributed by atoms with Crippen molar-refractivity contribution in [1.29, 1.82) is 0 Å². The highest BCUT2D eigenvalue weighted by molar-refractivity contribution is 7.45. The van der Waals surface area contributed by atoms with Gasteiger partial charge in [-0.2, -0.15) is 0 Å². The summed E-state index contributed by atoms with van der Waals surface area (Å²) in [6, 6.07) is -0.799. The monoisotopic (exact) mass is 661 g/mol. The maximum atomic E-state index is 12.7. The fraction of sp³-hybridized carbons (Fsp3) is 0.917. The molecular weight excluding hydrogens is 587 g/mol. The van der Waals surface area contributed by atoms with Crippen molar-refractivity contribution in [3.05, 3.63) is 12.2 Å². The number of hydrogen-bond acceptors (Lipinski definition) is 6. The van der Waals surface area contributed by atoms with E-state index in [9.17, 15) is 19.4 Å². The minimum Gasteiger partial charge on any atom is -0.756 e. The molecule has 0 bridgehead atoms. The SMILES string of the molecule is CCCC/C=C\CCCCCCC(=O)NC(COP(=O)([O-])OCC[N+](C)(C)C)C(O)CCCCCCCCCCCCCCC. The summed E-state index contributed by atoms with van der Waals surface area (Å²) in [5.41, 5.74) is 0. The molecule has 2 N–H and O–H groups in total. The molecule has 3 unspecified atom stereocenters. The molecule has 0 aromatic heterocycles. The molecule has 268 valence electrons. The summed E-state index contributed by atoms with van der Waals surface area (Å²) >= 11 is 0. The van der Waals surface area contributed by atoms with Crippen molar-refractivity contribution < 1.29 is 32.9 Å². The number of quaternary nitrogens is 1. The van der Waals surface area contributed by atoms with Gasteiger partial charge in [0.25, 0.3) is 7.82 Å². The quantitative estimate of drug-likeness (QED) is 0.0316. The largest absolute Gasteiger partial charge is 0.756 e. The van der Waals surface area contributed by atoms with Crippen molar-refractivity contribution >= 4 is 13.7 Å². The third kappa shape index (κ3) is 31.6. The van der Waals surface area contributed by atoms with Crippen LogP contribution in [0.3, 0.4) is 0 Å². The van der Waals surface area contributed by atoms with Crippen LogP contribution >= 0.6 is 7.82 Å². The molecule has 0 aromatic carbocycles. The summed E-state index contributed by atoms with van der Waals surface area (Å²) in [6.07, 6.45) is 29.2. The fourth-order valence-corrected chi connectivity index (χ4v) is 5.92. The Bertz CT molecular complexity index is 758. The van der Waals surface area contributed by atoms with Crippen LogP contribution in [0.5, 0.6) is 0 Å². The lowest BCUT2D eigenvalue weighted by Crippen LogP contribution is -2.46. The van der Waals surface area contributed by atoms with Crippen molar-refractivity contribution in [2.24, 2.45) is 0 Å². The maximum absolute atomic E-state index is 12.7. The zero-order valence-electron chi connectivity index (χ0n) is 30.1. The Hall–Kier alpha value is -0.760. The Balaban J connectivity index is 4.50. The van der Waals surface area contributed by atoms with Gasteiger partial charge in [-0.05, 0) is 32.1 Å². The molecule has 0 spiro atoms. The van der Waals surface area contributed by atoms with Gasteiger partial charge in [0.1, 0.15) is 13.2 Å². The molecular formula is C36H73N2O6P. The fourth-order valence-electron chi connectivity index (χ4n) is 5.19. The van der Waals surface area contributed by atoms with Crippen LogP contribution in [0.4, 0.5) is 0 Å². The molecule has 45 heavy (non-hydrogen) atoms. The average Bonchev–Trinajstić information content (AvgIpc) is 2.97. The van der Waals surface area contributed by atoms with Crippen LogP contribution in [0.2, 0.25) is 0 Å². The standard InChI is InChI=1S/C36H73N2O6P/c1-6-8-10-12-14-16-18-19-20-21-23-25-27-29-35(39)34(33-44-45(41,42)43-32-31-38(3,4)5)37-36(40)30-28-26-24-22-17-15-13-11-9-7-2/h13,15,34-35,39H,6-12,14,16-33H2,1-5H3,(H-,37,40,41,42)/b15-13-. The maximum Gasteiger partial charge on any atom is 0.268 e. The second kappa shape index (κ2) is 29.4. The molecule has 1 amide bonds. The molecule has 0 rings (SSSR count). The van der Waals surface area contributed by atoms with Gasteiger partial charge in [-0.3, -0.25) is 9.36 Å². The second-order valence-corrected chi connectivity index (χ2v) is 15.3. The van der Waals surface area contributed by atoms with E-state index in [-0.39, 0.29) is 19.1 Å². The first-order valence-electron chi connectivity index (χ1n) is 18.5. The number of phosphoric acid groups is 1. The van der Waals surface area contributed by atoms with Gasteiger partial charge in [-0.1, -0.05) is 135 Å². The number of allylic oxidation sites excluding steroid dienone is 2. The van der Waals surface area contributed by atoms with Crippen LogP contribution in [0.1, 0.15) is 162 Å². The van der Waals surface area contributed by atoms with Crippen LogP contribution in [0.15, 0.2) is 12.2 Å². The molecule has 0 aliphatic carbocycles. The number of phosphoric ester groups is 1. The molecule has 0 radical (unpaired) electrons. The third-order valence-electron chi connectivity index (χ3n) is 8.25. The van der Waals surface area contributed by atoms with Gasteiger partial charge in [0.15, 0.2) is 0 Å². The van der Waals surface area contributed by atoms with E-state index in [0.29, 0.717) is 23.9 Å². The molecule has 0 fully saturated rings. The Morgan fingerprint density at radius 2 is 1.24 bits per heavy atom. The van der Waals surface area contributed by atoms with Gasteiger partial charge in [-0.15, -0.1) is 0 Å². The molecule has 0 aliphatic heterocycles. The second-order valence-electron chi connectivity index (χ2n) is 13.9. The predicted octanol–water partition coefficient (Wildman–Crippen LogP) is 8.61. The van der Waals surface area contributed by atoms with Gasteiger partial charge >= 0.3 is 0 Å². The summed E-state index contributed by atoms with van der Waals surface area (Å²) in [6.45, 7) is 4.64. The van der Waals surface area contributed by atoms with Crippen molar-refractivity contribution in [2.75, 3.05) is 40.9 Å². The van der Waals surface area contributed by atoms with Crippen molar-refractivity contribution in [1.82, 2.24) is 5.32 Å². The van der Waals surface area contributed by atoms with Gasteiger partial charge in [0, 0.05) is 6.42 Å². The van der Waals surface area contributed by atoms with E-state index in [1.54, 1.807) is 0 Å². The molecule has 0 aliphatic rings. The van der Waals surface area contributed by atoms with Crippen LogP contribution in [0.25, 0.3) is 0 Å². The number of carbonyl (C=O) groups excluding carboxylic acids is 1. The smallest absolute Gasteiger partial charge is 0.268 e. The highest BCUT2D eigenvalue weighted by Crippen LogP contribution is 2.38. The molecule has 9 heteroatoms. The topological polar surface area (TPSA) is 108 Å². The number of nitrogens with zero attached hydrogens (tertiary/aromatic N) is 1. The van der Waals surface area contributed by atoms with Crippen molar-refractivity contribution in [3.63, 3.8) is 0 Å². The lowest BCUT2D eigenvalue weighted by atomic mass is 10.0. The van der Waals surface area contributed by atoms with Gasteiger partial charge in [0.2, 0.25) is 5.91 Å². The lowest BCUT2D eigenvalue weighted by molar-refractivity contribution is -0.870. The zero-order valence-corrected chi connectivity index (χ0v) is 31.0. The molecule has 0 saturated carbocycles. The van der Waals surface area contributed by atoms with Crippen molar-refractivity contribution in [3.8, 4) is 0 Å². The Labute approximate surface area is 278 Å². The van der Waals surface area contributed by atoms with E-state index in [0.717, 1.165) is 57.8 Å². The third-order valence-corrected chi connectivity index (χ3v) is 9.22. The first-order valence-corrected chi connectivity index (χ1v) is 20.0. The number of aliphatic hydroxyl groups excluding tert-OH is 1. The van der Waals surface area contributed by atoms with Crippen LogP contribution in [-0.4, -0.2) is 68.5 Å². The Morgan fingerprint density at radius 3 is 1.80 bits per heavy atom. The molecule has 0 saturated heterocycles. The summed E-state index contributed by atoms with van der Waals surface area (Å²) in [7, 11) is 1.30. The molecule has 0 heterocycles. The summed E-state index contributed by atoms with van der Waals surface area (Å²) in [5.74, 6) is -0.181. The predicted molar refractivity (Wildman–Crippen MR) is 187 cm³/mol. The number of unbranched alkanes of at least 4 members (excludes halogenated alkanes) is 18. The summed E-state index contributed by atoms with van der Waals surface area (Å²) < 4.78 is 23.1. The average molecular weight is 661 g/mol. The molecule has 0 aromatic rings. The van der Waals surface area contributed by atoms with E-state index in [2.05, 4.69) is 31.3 Å². The number of carbonyl (C=O) groups is 1. The van der Waals surface area contributed by atoms with Crippen LogP contribution in [-0.2, 0) is 18.4 Å². The Morgan fingerprint density at radius 1 is 0.756 bits per heavy atom. The zero-order chi connectivity index (χ0) is 33.7. The first-order chi connectivity index (χ1) is 21.5. The highest BCUT2D eigenvalue weighted by atomic mass is 31.2. The van der Waals surface area contributed by atoms with Crippen molar-refractivity contribution in [2.45, 2.75) is 174 Å². The normalized spacial score (nSPS) is 14.9. The summed E-state index contributed by atoms with van der Waals surface area (Å²) in [4.78, 5) is 25.1. The van der Waals surface area contributed by atoms with Crippen LogP contribution in [0, 0.1) is 0 Å². The number of hydrogen-bond donors (Lipinski definition) is 2. The Kier molecular flexibility index (Phi) is 28.9. The van der Waals surface area contributed by atoms with E-state index in [4.69, 9.17) is 9.05 Å². The first kappa shape index (κ1) is 44.2. The minimum atomic E-state index is -4.55. The van der Waals surface area contributed by atoms with Gasteiger partial charge in [0.05, 0.1) is 39.9 Å². The molecule has 3 atom stereocenters. The van der Waals surface area contributed by atoms with Crippen LogP contribution < -0.4 is 10.2 Å². The van der Waals surface area contributed by atoms with E-state index >= 15 is 0 Å². The molecule has 8 nitrogen and oxygen atoms in total. The van der Waals surface area contributed by atoms with E-state index < -0.39 is 20.0 Å².